The van der Waals surface area contributed by atoms with Crippen molar-refractivity contribution in [3.63, 3.8) is 0 Å². The van der Waals surface area contributed by atoms with Crippen molar-refractivity contribution in [3.05, 3.63) is 5.82 Å². The zero-order valence-corrected chi connectivity index (χ0v) is 16.6. The maximum absolute atomic E-state index is 12.0. The summed E-state index contributed by atoms with van der Waals surface area (Å²) in [5, 5.41) is 13.0. The molecule has 6 rings (SSSR count). The van der Waals surface area contributed by atoms with Gasteiger partial charge in [-0.15, -0.1) is 10.2 Å². The summed E-state index contributed by atoms with van der Waals surface area (Å²) in [6.45, 7) is 3.06. The molecule has 0 aliphatic heterocycles. The molecule has 6 heteroatoms. The Morgan fingerprint density at radius 3 is 2.38 bits per heavy atom. The monoisotopic (exact) mass is 374 g/mol. The van der Waals surface area contributed by atoms with Gasteiger partial charge in [-0.05, 0) is 81.5 Å². The number of nitrogens with zero attached hydrogens (tertiary/aromatic N) is 3. The Morgan fingerprint density at radius 1 is 1.15 bits per heavy atom. The number of rotatable bonds is 7. The van der Waals surface area contributed by atoms with Crippen LogP contribution in [0.5, 0.6) is 0 Å². The van der Waals surface area contributed by atoms with Gasteiger partial charge in [0.2, 0.25) is 5.91 Å². The van der Waals surface area contributed by atoms with Gasteiger partial charge in [-0.25, -0.2) is 0 Å². The fourth-order valence-corrected chi connectivity index (χ4v) is 7.18. The summed E-state index contributed by atoms with van der Waals surface area (Å²) < 4.78 is 2.26. The third kappa shape index (κ3) is 3.30. The number of nitrogens with one attached hydrogen (secondary N) is 1. The van der Waals surface area contributed by atoms with Crippen molar-refractivity contribution >= 4 is 17.7 Å². The van der Waals surface area contributed by atoms with Crippen molar-refractivity contribution in [3.8, 4) is 0 Å². The lowest BCUT2D eigenvalue weighted by atomic mass is 9.49. The van der Waals surface area contributed by atoms with Crippen molar-refractivity contribution < 1.29 is 4.79 Å². The van der Waals surface area contributed by atoms with Gasteiger partial charge in [-0.1, -0.05) is 11.8 Å². The Balaban J connectivity index is 1.27. The van der Waals surface area contributed by atoms with Crippen LogP contribution in [0.25, 0.3) is 0 Å². The first-order valence-corrected chi connectivity index (χ1v) is 11.5. The molecule has 5 fully saturated rings. The van der Waals surface area contributed by atoms with Gasteiger partial charge < -0.3 is 9.88 Å². The van der Waals surface area contributed by atoms with Crippen molar-refractivity contribution in [1.82, 2.24) is 20.1 Å². The van der Waals surface area contributed by atoms with Crippen LogP contribution in [0.4, 0.5) is 0 Å². The third-order valence-corrected chi connectivity index (χ3v) is 8.05. The minimum absolute atomic E-state index is 0.130. The van der Waals surface area contributed by atoms with Crippen LogP contribution in [0.2, 0.25) is 0 Å². The van der Waals surface area contributed by atoms with Gasteiger partial charge >= 0.3 is 0 Å². The number of carbonyl (C=O) groups is 1. The first-order valence-electron chi connectivity index (χ1n) is 10.5. The zero-order chi connectivity index (χ0) is 17.7. The molecule has 0 unspecified atom stereocenters. The maximum atomic E-state index is 12.0. The summed E-state index contributed by atoms with van der Waals surface area (Å²) >= 11 is 1.54. The van der Waals surface area contributed by atoms with E-state index in [4.69, 9.17) is 0 Å². The van der Waals surface area contributed by atoms with E-state index in [-0.39, 0.29) is 5.91 Å². The molecule has 0 saturated heterocycles. The lowest BCUT2D eigenvalue weighted by Crippen LogP contribution is -2.47. The summed E-state index contributed by atoms with van der Waals surface area (Å²) in [5.41, 5.74) is 0.486. The lowest BCUT2D eigenvalue weighted by molar-refractivity contribution is -0.118. The van der Waals surface area contributed by atoms with Gasteiger partial charge in [0.15, 0.2) is 5.16 Å². The summed E-state index contributed by atoms with van der Waals surface area (Å²) in [4.78, 5) is 12.0. The number of hydrogen-bond donors (Lipinski definition) is 1. The maximum Gasteiger partial charge on any atom is 0.230 e. The molecule has 1 N–H and O–H groups in total. The lowest BCUT2D eigenvalue weighted by Gasteiger charge is -2.56. The van der Waals surface area contributed by atoms with E-state index in [9.17, 15) is 4.79 Å². The number of carbonyl (C=O) groups excluding carboxylic acids is 1. The highest BCUT2D eigenvalue weighted by Crippen LogP contribution is 2.61. The summed E-state index contributed by atoms with van der Waals surface area (Å²) in [6, 6.07) is 0.429. The van der Waals surface area contributed by atoms with E-state index >= 15 is 0 Å². The molecule has 26 heavy (non-hydrogen) atoms. The van der Waals surface area contributed by atoms with E-state index in [0.717, 1.165) is 54.5 Å². The summed E-state index contributed by atoms with van der Waals surface area (Å²) in [6.07, 6.45) is 12.0. The van der Waals surface area contributed by atoms with Crippen LogP contribution in [0.3, 0.4) is 0 Å². The van der Waals surface area contributed by atoms with E-state index in [0.29, 0.717) is 17.2 Å². The van der Waals surface area contributed by atoms with E-state index in [2.05, 4.69) is 27.0 Å². The van der Waals surface area contributed by atoms with Gasteiger partial charge in [0.1, 0.15) is 5.82 Å². The zero-order valence-electron chi connectivity index (χ0n) is 15.7. The highest BCUT2D eigenvalue weighted by Gasteiger charge is 2.51. The number of aromatic nitrogens is 3. The predicted molar refractivity (Wildman–Crippen MR) is 102 cm³/mol. The minimum atomic E-state index is 0.130. The molecule has 0 spiro atoms. The van der Waals surface area contributed by atoms with Crippen LogP contribution in [-0.2, 0) is 17.8 Å². The average Bonchev–Trinajstić information content (AvgIpc) is 3.31. The standard InChI is InChI=1S/C20H30N4OS/c1-2-24-17(22-23-19(24)26-12-18(25)21-16-3-4-16)11-20-8-13-5-14(9-20)7-15(6-13)10-20/h13-16H,2-12H2,1H3,(H,21,25). The van der Waals surface area contributed by atoms with Crippen molar-refractivity contribution in [1.29, 1.82) is 0 Å². The molecular formula is C20H30N4OS. The number of amides is 1. The van der Waals surface area contributed by atoms with Crippen LogP contribution >= 0.6 is 11.8 Å². The molecule has 1 aromatic rings. The van der Waals surface area contributed by atoms with Crippen molar-refractivity contribution in [2.24, 2.45) is 23.2 Å². The molecule has 1 aromatic heterocycles. The van der Waals surface area contributed by atoms with Crippen molar-refractivity contribution in [2.45, 2.75) is 82.5 Å². The average molecular weight is 375 g/mol. The quantitative estimate of drug-likeness (QED) is 0.743. The molecule has 4 bridgehead atoms. The van der Waals surface area contributed by atoms with E-state index in [1.807, 2.05) is 0 Å². The van der Waals surface area contributed by atoms with Gasteiger partial charge in [-0.2, -0.15) is 0 Å². The SMILES string of the molecule is CCn1c(CC23CC4CC(CC(C4)C2)C3)nnc1SCC(=O)NC1CC1. The topological polar surface area (TPSA) is 59.8 Å². The molecule has 1 amide bonds. The van der Waals surface area contributed by atoms with Crippen LogP contribution in [0.15, 0.2) is 5.16 Å². The summed E-state index contributed by atoms with van der Waals surface area (Å²) in [5.74, 6) is 4.65. The second-order valence-electron chi connectivity index (χ2n) is 9.37. The number of thioether (sulfide) groups is 1. The Hall–Kier alpha value is -1.04. The first-order chi connectivity index (χ1) is 12.6. The molecule has 5 aliphatic rings. The van der Waals surface area contributed by atoms with Crippen LogP contribution in [-0.4, -0.2) is 32.5 Å². The van der Waals surface area contributed by atoms with E-state index < -0.39 is 0 Å². The normalized spacial score (nSPS) is 35.0. The second-order valence-corrected chi connectivity index (χ2v) is 10.3. The van der Waals surface area contributed by atoms with Gasteiger partial charge in [-0.3, -0.25) is 4.79 Å². The molecule has 0 atom stereocenters. The van der Waals surface area contributed by atoms with Crippen LogP contribution in [0.1, 0.15) is 64.1 Å². The van der Waals surface area contributed by atoms with Gasteiger partial charge in [0.25, 0.3) is 0 Å². The highest BCUT2D eigenvalue weighted by molar-refractivity contribution is 7.99. The van der Waals surface area contributed by atoms with Crippen LogP contribution in [0, 0.1) is 23.2 Å². The van der Waals surface area contributed by atoms with Crippen LogP contribution < -0.4 is 5.32 Å². The van der Waals surface area contributed by atoms with E-state index in [1.54, 1.807) is 11.8 Å². The smallest absolute Gasteiger partial charge is 0.230 e. The molecule has 0 aromatic carbocycles. The second kappa shape index (κ2) is 6.54. The molecule has 0 radical (unpaired) electrons. The number of hydrogen-bond acceptors (Lipinski definition) is 4. The predicted octanol–water partition coefficient (Wildman–Crippen LogP) is 3.43. The Bertz CT molecular complexity index is 661. The van der Waals surface area contributed by atoms with Gasteiger partial charge in [0, 0.05) is 19.0 Å². The fraction of sp³-hybridized carbons (Fsp3) is 0.850. The highest BCUT2D eigenvalue weighted by atomic mass is 32.2. The Kier molecular flexibility index (Phi) is 4.29. The Labute approximate surface area is 160 Å². The molecule has 142 valence electrons. The van der Waals surface area contributed by atoms with E-state index in [1.165, 1.54) is 38.5 Å². The summed E-state index contributed by atoms with van der Waals surface area (Å²) in [7, 11) is 0. The largest absolute Gasteiger partial charge is 0.353 e. The third-order valence-electron chi connectivity index (χ3n) is 7.08. The molecule has 1 heterocycles. The van der Waals surface area contributed by atoms with Gasteiger partial charge in [0.05, 0.1) is 5.75 Å². The van der Waals surface area contributed by atoms with Crippen molar-refractivity contribution in [2.75, 3.05) is 5.75 Å². The molecular weight excluding hydrogens is 344 g/mol. The first kappa shape index (κ1) is 17.1. The molecule has 5 aliphatic carbocycles. The Morgan fingerprint density at radius 2 is 1.81 bits per heavy atom. The minimum Gasteiger partial charge on any atom is -0.353 e. The fourth-order valence-electron chi connectivity index (χ4n) is 6.34. The molecule has 5 saturated carbocycles. The molecule has 5 nitrogen and oxygen atoms in total.